The van der Waals surface area contributed by atoms with Gasteiger partial charge in [0.2, 0.25) is 0 Å². The van der Waals surface area contributed by atoms with Crippen LogP contribution in [0.5, 0.6) is 0 Å². The minimum Gasteiger partial charge on any atom is -0.478 e. The predicted octanol–water partition coefficient (Wildman–Crippen LogP) is 2.41. The molecule has 5 heteroatoms. The molecule has 110 valence electrons. The van der Waals surface area contributed by atoms with Gasteiger partial charge in [-0.15, -0.1) is 0 Å². The van der Waals surface area contributed by atoms with Gasteiger partial charge in [-0.1, -0.05) is 18.2 Å². The van der Waals surface area contributed by atoms with Crippen molar-refractivity contribution in [3.63, 3.8) is 0 Å². The first-order valence-electron chi connectivity index (χ1n) is 7.18. The Bertz CT molecular complexity index is 650. The fraction of sp³-hybridized carbons (Fsp3) is 0.375. The van der Waals surface area contributed by atoms with Crippen LogP contribution in [-0.2, 0) is 6.54 Å². The van der Waals surface area contributed by atoms with E-state index in [0.717, 1.165) is 25.1 Å². The number of hydrogen-bond acceptors (Lipinski definition) is 3. The highest BCUT2D eigenvalue weighted by Crippen LogP contribution is 2.29. The summed E-state index contributed by atoms with van der Waals surface area (Å²) >= 11 is 0. The fourth-order valence-electron chi connectivity index (χ4n) is 3.09. The maximum absolute atomic E-state index is 11.3. The van der Waals surface area contributed by atoms with E-state index >= 15 is 0 Å². The second kappa shape index (κ2) is 5.69. The van der Waals surface area contributed by atoms with Crippen LogP contribution in [0, 0.1) is 6.92 Å². The summed E-state index contributed by atoms with van der Waals surface area (Å²) in [5.74, 6) is -0.393. The molecule has 1 unspecified atom stereocenters. The summed E-state index contributed by atoms with van der Waals surface area (Å²) in [6, 6.07) is 7.24. The van der Waals surface area contributed by atoms with Crippen LogP contribution < -0.4 is 0 Å². The Kier molecular flexibility index (Phi) is 3.75. The molecule has 1 fully saturated rings. The first-order valence-corrected chi connectivity index (χ1v) is 7.18. The van der Waals surface area contributed by atoms with Gasteiger partial charge in [-0.05, 0) is 37.1 Å². The minimum absolute atomic E-state index is 0.402. The molecule has 0 radical (unpaired) electrons. The lowest BCUT2D eigenvalue weighted by Gasteiger charge is -2.17. The number of aromatic nitrogens is 2. The molecule has 0 spiro atoms. The van der Waals surface area contributed by atoms with Gasteiger partial charge in [-0.25, -0.2) is 4.79 Å². The number of hydrogen-bond donors (Lipinski definition) is 2. The lowest BCUT2D eigenvalue weighted by Crippen LogP contribution is -2.21. The van der Waals surface area contributed by atoms with E-state index in [0.29, 0.717) is 18.0 Å². The highest BCUT2D eigenvalue weighted by Gasteiger charge is 2.26. The number of aromatic amines is 1. The molecule has 1 aliphatic heterocycles. The van der Waals surface area contributed by atoms with Gasteiger partial charge in [0.25, 0.3) is 0 Å². The number of aromatic carboxylic acids is 1. The minimum atomic E-state index is -0.856. The summed E-state index contributed by atoms with van der Waals surface area (Å²) in [4.78, 5) is 13.6. The molecule has 1 atom stereocenters. The lowest BCUT2D eigenvalue weighted by atomic mass is 10.0. The van der Waals surface area contributed by atoms with Crippen molar-refractivity contribution in [1.82, 2.24) is 15.1 Å². The molecule has 21 heavy (non-hydrogen) atoms. The molecule has 3 rings (SSSR count). The normalized spacial score (nSPS) is 19.0. The van der Waals surface area contributed by atoms with Crippen LogP contribution in [0.15, 0.2) is 30.5 Å². The summed E-state index contributed by atoms with van der Waals surface area (Å²) in [5, 5.41) is 16.4. The molecular formula is C16H19N3O2. The number of nitrogens with one attached hydrogen (secondary N) is 1. The molecule has 0 aliphatic carbocycles. The van der Waals surface area contributed by atoms with E-state index in [1.165, 1.54) is 11.3 Å². The number of carboxylic acid groups (broad SMARTS) is 1. The summed E-state index contributed by atoms with van der Waals surface area (Å²) in [5.41, 5.74) is 3.70. The molecular weight excluding hydrogens is 266 g/mol. The number of likely N-dealkylation sites (tertiary alicyclic amines) is 1. The molecule has 5 nitrogen and oxygen atoms in total. The van der Waals surface area contributed by atoms with Crippen molar-refractivity contribution < 1.29 is 9.90 Å². The van der Waals surface area contributed by atoms with Gasteiger partial charge < -0.3 is 5.11 Å². The zero-order chi connectivity index (χ0) is 14.8. The second-order valence-corrected chi connectivity index (χ2v) is 5.65. The zero-order valence-corrected chi connectivity index (χ0v) is 12.0. The van der Waals surface area contributed by atoms with Crippen LogP contribution in [0.2, 0.25) is 0 Å². The van der Waals surface area contributed by atoms with E-state index in [9.17, 15) is 9.90 Å². The number of carboxylic acids is 1. The Morgan fingerprint density at radius 3 is 3.00 bits per heavy atom. The molecule has 0 amide bonds. The van der Waals surface area contributed by atoms with Gasteiger partial charge >= 0.3 is 5.97 Å². The van der Waals surface area contributed by atoms with Gasteiger partial charge in [0, 0.05) is 24.7 Å². The lowest BCUT2D eigenvalue weighted by molar-refractivity contribution is 0.0694. The average Bonchev–Trinajstić information content (AvgIpc) is 3.08. The molecule has 1 aliphatic rings. The third-order valence-electron chi connectivity index (χ3n) is 4.19. The fourth-order valence-corrected chi connectivity index (χ4v) is 3.09. The zero-order valence-electron chi connectivity index (χ0n) is 12.0. The van der Waals surface area contributed by atoms with Gasteiger partial charge in [0.1, 0.15) is 0 Å². The van der Waals surface area contributed by atoms with Gasteiger partial charge in [-0.3, -0.25) is 10.00 Å². The van der Waals surface area contributed by atoms with E-state index < -0.39 is 5.97 Å². The van der Waals surface area contributed by atoms with Crippen LogP contribution >= 0.6 is 0 Å². The van der Waals surface area contributed by atoms with Crippen LogP contribution in [-0.4, -0.2) is 39.3 Å². The van der Waals surface area contributed by atoms with E-state index in [4.69, 9.17) is 0 Å². The third kappa shape index (κ3) is 2.83. The average molecular weight is 285 g/mol. The standard InChI is InChI=1S/C16H19N3O2/c1-11-8-17-18-15(11)13-6-7-19(10-13)9-12-4-2-3-5-14(12)16(20)21/h2-5,8,13H,6-7,9-10H2,1H3,(H,17,18)(H,20,21). The largest absolute Gasteiger partial charge is 0.478 e. The Labute approximate surface area is 123 Å². The van der Waals surface area contributed by atoms with Crippen molar-refractivity contribution in [2.45, 2.75) is 25.8 Å². The van der Waals surface area contributed by atoms with Crippen molar-refractivity contribution in [3.05, 3.63) is 52.8 Å². The van der Waals surface area contributed by atoms with E-state index in [-0.39, 0.29) is 0 Å². The first-order chi connectivity index (χ1) is 10.1. The number of aryl methyl sites for hydroxylation is 1. The number of H-pyrrole nitrogens is 1. The summed E-state index contributed by atoms with van der Waals surface area (Å²) in [7, 11) is 0. The van der Waals surface area contributed by atoms with Crippen LogP contribution in [0.3, 0.4) is 0 Å². The van der Waals surface area contributed by atoms with Crippen LogP contribution in [0.1, 0.15) is 39.5 Å². The molecule has 1 aromatic heterocycles. The Balaban J connectivity index is 1.71. The Morgan fingerprint density at radius 2 is 2.29 bits per heavy atom. The smallest absolute Gasteiger partial charge is 0.336 e. The predicted molar refractivity (Wildman–Crippen MR) is 79.4 cm³/mol. The molecule has 1 saturated heterocycles. The van der Waals surface area contributed by atoms with Crippen LogP contribution in [0.4, 0.5) is 0 Å². The first kappa shape index (κ1) is 13.8. The van der Waals surface area contributed by atoms with Crippen molar-refractivity contribution in [3.8, 4) is 0 Å². The molecule has 2 N–H and O–H groups in total. The molecule has 2 aromatic rings. The Morgan fingerprint density at radius 1 is 1.48 bits per heavy atom. The Hall–Kier alpha value is -2.14. The maximum Gasteiger partial charge on any atom is 0.336 e. The number of benzene rings is 1. The summed E-state index contributed by atoms with van der Waals surface area (Å²) in [6.07, 6.45) is 2.94. The molecule has 2 heterocycles. The van der Waals surface area contributed by atoms with Gasteiger partial charge in [-0.2, -0.15) is 5.10 Å². The topological polar surface area (TPSA) is 69.2 Å². The van der Waals surface area contributed by atoms with Crippen molar-refractivity contribution in [2.75, 3.05) is 13.1 Å². The summed E-state index contributed by atoms with van der Waals surface area (Å²) < 4.78 is 0. The highest BCUT2D eigenvalue weighted by atomic mass is 16.4. The third-order valence-corrected chi connectivity index (χ3v) is 4.19. The molecule has 0 saturated carbocycles. The van der Waals surface area contributed by atoms with E-state index in [1.54, 1.807) is 12.1 Å². The molecule has 0 bridgehead atoms. The van der Waals surface area contributed by atoms with Crippen LogP contribution in [0.25, 0.3) is 0 Å². The quantitative estimate of drug-likeness (QED) is 0.905. The number of nitrogens with zero attached hydrogens (tertiary/aromatic N) is 2. The van der Waals surface area contributed by atoms with Crippen molar-refractivity contribution in [2.24, 2.45) is 0 Å². The monoisotopic (exact) mass is 285 g/mol. The summed E-state index contributed by atoms with van der Waals surface area (Å²) in [6.45, 7) is 4.68. The van der Waals surface area contributed by atoms with E-state index in [2.05, 4.69) is 22.0 Å². The highest BCUT2D eigenvalue weighted by molar-refractivity contribution is 5.89. The maximum atomic E-state index is 11.3. The SMILES string of the molecule is Cc1cn[nH]c1C1CCN(Cc2ccccc2C(=O)O)C1. The van der Waals surface area contributed by atoms with E-state index in [1.807, 2.05) is 18.3 Å². The van der Waals surface area contributed by atoms with Crippen molar-refractivity contribution in [1.29, 1.82) is 0 Å². The van der Waals surface area contributed by atoms with Gasteiger partial charge in [0.05, 0.1) is 11.8 Å². The van der Waals surface area contributed by atoms with Gasteiger partial charge in [0.15, 0.2) is 0 Å². The second-order valence-electron chi connectivity index (χ2n) is 5.65. The molecule has 1 aromatic carbocycles. The van der Waals surface area contributed by atoms with Crippen molar-refractivity contribution >= 4 is 5.97 Å². The number of rotatable bonds is 4. The number of carbonyl (C=O) groups is 1.